The Morgan fingerprint density at radius 1 is 1.25 bits per heavy atom. The molecule has 20 heavy (non-hydrogen) atoms. The molecule has 6 nitrogen and oxygen atoms in total. The lowest BCUT2D eigenvalue weighted by atomic mass is 9.96. The van der Waals surface area contributed by atoms with E-state index in [1.807, 2.05) is 0 Å². The SMILES string of the molecule is CCOC(=O)C1CCN(C(=O)C[C@@H](C)CC(=O)O)CC1. The number of amides is 1. The van der Waals surface area contributed by atoms with Crippen LogP contribution in [0.2, 0.25) is 0 Å². The van der Waals surface area contributed by atoms with E-state index >= 15 is 0 Å². The molecule has 0 bridgehead atoms. The van der Waals surface area contributed by atoms with Crippen LogP contribution in [0.1, 0.15) is 39.5 Å². The van der Waals surface area contributed by atoms with Crippen molar-refractivity contribution in [2.45, 2.75) is 39.5 Å². The first kappa shape index (κ1) is 16.5. The second kappa shape index (κ2) is 7.87. The van der Waals surface area contributed by atoms with Crippen molar-refractivity contribution in [3.63, 3.8) is 0 Å². The van der Waals surface area contributed by atoms with Gasteiger partial charge in [-0.2, -0.15) is 0 Å². The molecule has 1 fully saturated rings. The third-order valence-electron chi connectivity index (χ3n) is 3.51. The van der Waals surface area contributed by atoms with Crippen molar-refractivity contribution in [3.8, 4) is 0 Å². The summed E-state index contributed by atoms with van der Waals surface area (Å²) in [6.45, 7) is 5.01. The minimum Gasteiger partial charge on any atom is -0.481 e. The maximum absolute atomic E-state index is 12.0. The highest BCUT2D eigenvalue weighted by Crippen LogP contribution is 2.20. The molecule has 1 N–H and O–H groups in total. The Labute approximate surface area is 119 Å². The summed E-state index contributed by atoms with van der Waals surface area (Å²) in [4.78, 5) is 35.9. The summed E-state index contributed by atoms with van der Waals surface area (Å²) >= 11 is 0. The quantitative estimate of drug-likeness (QED) is 0.743. The van der Waals surface area contributed by atoms with Crippen molar-refractivity contribution in [1.82, 2.24) is 4.90 Å². The van der Waals surface area contributed by atoms with Gasteiger partial charge in [-0.3, -0.25) is 14.4 Å². The van der Waals surface area contributed by atoms with E-state index in [9.17, 15) is 14.4 Å². The fourth-order valence-corrected chi connectivity index (χ4v) is 2.42. The molecule has 0 saturated carbocycles. The Morgan fingerprint density at radius 3 is 2.35 bits per heavy atom. The maximum Gasteiger partial charge on any atom is 0.309 e. The summed E-state index contributed by atoms with van der Waals surface area (Å²) in [7, 11) is 0. The number of hydrogen-bond acceptors (Lipinski definition) is 4. The highest BCUT2D eigenvalue weighted by Gasteiger charge is 2.28. The third-order valence-corrected chi connectivity index (χ3v) is 3.51. The molecular formula is C14H23NO5. The second-order valence-electron chi connectivity index (χ2n) is 5.31. The fraction of sp³-hybridized carbons (Fsp3) is 0.786. The molecule has 0 radical (unpaired) electrons. The van der Waals surface area contributed by atoms with E-state index in [2.05, 4.69) is 0 Å². The molecule has 1 amide bonds. The molecule has 0 aromatic heterocycles. The van der Waals surface area contributed by atoms with Crippen LogP contribution in [0.15, 0.2) is 0 Å². The van der Waals surface area contributed by atoms with Crippen molar-refractivity contribution >= 4 is 17.8 Å². The van der Waals surface area contributed by atoms with E-state index in [1.165, 1.54) is 0 Å². The van der Waals surface area contributed by atoms with Crippen LogP contribution in [0.25, 0.3) is 0 Å². The largest absolute Gasteiger partial charge is 0.481 e. The first-order valence-electron chi connectivity index (χ1n) is 7.10. The zero-order valence-corrected chi connectivity index (χ0v) is 12.1. The van der Waals surface area contributed by atoms with Gasteiger partial charge in [-0.15, -0.1) is 0 Å². The number of ether oxygens (including phenoxy) is 1. The van der Waals surface area contributed by atoms with Gasteiger partial charge in [-0.25, -0.2) is 0 Å². The lowest BCUT2D eigenvalue weighted by molar-refractivity contribution is -0.151. The smallest absolute Gasteiger partial charge is 0.309 e. The topological polar surface area (TPSA) is 83.9 Å². The van der Waals surface area contributed by atoms with Crippen LogP contribution < -0.4 is 0 Å². The molecule has 1 atom stereocenters. The summed E-state index contributed by atoms with van der Waals surface area (Å²) < 4.78 is 4.98. The molecule has 0 aromatic rings. The van der Waals surface area contributed by atoms with Gasteiger partial charge in [-0.1, -0.05) is 6.92 Å². The molecule has 1 heterocycles. The number of piperidine rings is 1. The van der Waals surface area contributed by atoms with Gasteiger partial charge in [0.25, 0.3) is 0 Å². The van der Waals surface area contributed by atoms with Crippen molar-refractivity contribution in [3.05, 3.63) is 0 Å². The molecule has 114 valence electrons. The van der Waals surface area contributed by atoms with Gasteiger partial charge >= 0.3 is 11.9 Å². The number of carbonyl (C=O) groups is 3. The van der Waals surface area contributed by atoms with Gasteiger partial charge in [-0.05, 0) is 25.7 Å². The van der Waals surface area contributed by atoms with E-state index in [4.69, 9.17) is 9.84 Å². The second-order valence-corrected chi connectivity index (χ2v) is 5.31. The average molecular weight is 285 g/mol. The molecule has 1 aliphatic heterocycles. The molecule has 1 rings (SSSR count). The normalized spacial score (nSPS) is 17.6. The van der Waals surface area contributed by atoms with Gasteiger partial charge in [0.05, 0.1) is 12.5 Å². The lowest BCUT2D eigenvalue weighted by Gasteiger charge is -2.31. The van der Waals surface area contributed by atoms with Crippen LogP contribution in [0.3, 0.4) is 0 Å². The van der Waals surface area contributed by atoms with Gasteiger partial charge in [0.2, 0.25) is 5.91 Å². The maximum atomic E-state index is 12.0. The average Bonchev–Trinajstić information content (AvgIpc) is 2.38. The Kier molecular flexibility index (Phi) is 6.48. The number of hydrogen-bond donors (Lipinski definition) is 1. The van der Waals surface area contributed by atoms with Crippen LogP contribution in [-0.2, 0) is 19.1 Å². The van der Waals surface area contributed by atoms with Crippen LogP contribution in [0.5, 0.6) is 0 Å². The Morgan fingerprint density at radius 2 is 1.85 bits per heavy atom. The minimum atomic E-state index is -0.883. The number of esters is 1. The Hall–Kier alpha value is -1.59. The van der Waals surface area contributed by atoms with Crippen molar-refractivity contribution in [2.75, 3.05) is 19.7 Å². The van der Waals surface area contributed by atoms with Crippen LogP contribution in [0, 0.1) is 11.8 Å². The van der Waals surface area contributed by atoms with E-state index in [0.717, 1.165) is 0 Å². The summed E-state index contributed by atoms with van der Waals surface area (Å²) in [6.07, 6.45) is 1.50. The summed E-state index contributed by atoms with van der Waals surface area (Å²) in [6, 6.07) is 0. The number of likely N-dealkylation sites (tertiary alicyclic amines) is 1. The van der Waals surface area contributed by atoms with Gasteiger partial charge in [0, 0.05) is 25.9 Å². The van der Waals surface area contributed by atoms with Gasteiger partial charge < -0.3 is 14.7 Å². The van der Waals surface area contributed by atoms with Crippen LogP contribution in [-0.4, -0.2) is 47.5 Å². The predicted molar refractivity (Wildman–Crippen MR) is 72.0 cm³/mol. The molecule has 1 aliphatic rings. The van der Waals surface area contributed by atoms with Crippen LogP contribution in [0.4, 0.5) is 0 Å². The number of aliphatic carboxylic acids is 1. The minimum absolute atomic E-state index is 0.00499. The first-order valence-corrected chi connectivity index (χ1v) is 7.10. The molecule has 0 aliphatic carbocycles. The Bertz CT molecular complexity index is 361. The standard InChI is InChI=1S/C14H23NO5/c1-3-20-14(19)11-4-6-15(7-5-11)12(16)8-10(2)9-13(17)18/h10-11H,3-9H2,1-2H3,(H,17,18)/t10-/m1/s1. The van der Waals surface area contributed by atoms with Crippen molar-refractivity contribution in [1.29, 1.82) is 0 Å². The van der Waals surface area contributed by atoms with E-state index in [-0.39, 0.29) is 36.6 Å². The summed E-state index contributed by atoms with van der Waals surface area (Å²) in [5, 5.41) is 8.68. The number of carboxylic acid groups (broad SMARTS) is 1. The number of carbonyl (C=O) groups excluding carboxylic acids is 2. The highest BCUT2D eigenvalue weighted by atomic mass is 16.5. The monoisotopic (exact) mass is 285 g/mol. The van der Waals surface area contributed by atoms with E-state index < -0.39 is 5.97 Å². The number of rotatable bonds is 6. The van der Waals surface area contributed by atoms with Gasteiger partial charge in [0.1, 0.15) is 0 Å². The Balaban J connectivity index is 2.35. The highest BCUT2D eigenvalue weighted by molar-refractivity contribution is 5.78. The van der Waals surface area contributed by atoms with E-state index in [0.29, 0.717) is 32.5 Å². The molecule has 6 heteroatoms. The predicted octanol–water partition coefficient (Wildman–Crippen LogP) is 1.29. The zero-order valence-electron chi connectivity index (χ0n) is 12.1. The first-order chi connectivity index (χ1) is 9.43. The third kappa shape index (κ3) is 5.19. The molecule has 0 spiro atoms. The van der Waals surface area contributed by atoms with Crippen molar-refractivity contribution in [2.24, 2.45) is 11.8 Å². The summed E-state index contributed by atoms with van der Waals surface area (Å²) in [5.41, 5.74) is 0. The number of carboxylic acids is 1. The molecular weight excluding hydrogens is 262 g/mol. The number of nitrogens with zero attached hydrogens (tertiary/aromatic N) is 1. The molecule has 0 aromatic carbocycles. The molecule has 0 unspecified atom stereocenters. The summed E-state index contributed by atoms with van der Waals surface area (Å²) in [5.74, 6) is -1.37. The van der Waals surface area contributed by atoms with Crippen LogP contribution >= 0.6 is 0 Å². The lowest BCUT2D eigenvalue weighted by Crippen LogP contribution is -2.41. The fourth-order valence-electron chi connectivity index (χ4n) is 2.42. The zero-order chi connectivity index (χ0) is 15.1. The molecule has 1 saturated heterocycles. The van der Waals surface area contributed by atoms with Crippen molar-refractivity contribution < 1.29 is 24.2 Å². The van der Waals surface area contributed by atoms with E-state index in [1.54, 1.807) is 18.7 Å². The van der Waals surface area contributed by atoms with Gasteiger partial charge in [0.15, 0.2) is 0 Å².